The van der Waals surface area contributed by atoms with Gasteiger partial charge in [-0.3, -0.25) is 14.4 Å². The fraction of sp³-hybridized carbons (Fsp3) is 0.500. The molecule has 3 rings (SSSR count). The number of hydrogen-bond donors (Lipinski definition) is 1. The molecule has 0 radical (unpaired) electrons. The van der Waals surface area contributed by atoms with E-state index in [1.54, 1.807) is 16.9 Å². The van der Waals surface area contributed by atoms with Gasteiger partial charge in [0, 0.05) is 26.1 Å². The first kappa shape index (κ1) is 17.3. The van der Waals surface area contributed by atoms with Crippen molar-refractivity contribution in [2.45, 2.75) is 19.8 Å². The minimum absolute atomic E-state index is 0.0776. The van der Waals surface area contributed by atoms with E-state index in [4.69, 9.17) is 10.5 Å². The van der Waals surface area contributed by atoms with Crippen molar-refractivity contribution in [1.29, 1.82) is 0 Å². The number of rotatable bonds is 4. The second-order valence-corrected chi connectivity index (χ2v) is 6.75. The van der Waals surface area contributed by atoms with Gasteiger partial charge in [0.25, 0.3) is 0 Å². The number of carbonyl (C=O) groups excluding carboxylic acids is 3. The van der Waals surface area contributed by atoms with Gasteiger partial charge in [0.15, 0.2) is 0 Å². The van der Waals surface area contributed by atoms with Gasteiger partial charge in [-0.2, -0.15) is 0 Å². The van der Waals surface area contributed by atoms with Crippen LogP contribution in [0.1, 0.15) is 18.4 Å². The molecule has 0 spiro atoms. The zero-order valence-corrected chi connectivity index (χ0v) is 14.5. The maximum absolute atomic E-state index is 12.7. The molecule has 2 aliphatic rings. The minimum atomic E-state index is -0.399. The fourth-order valence-electron chi connectivity index (χ4n) is 3.57. The van der Waals surface area contributed by atoms with Gasteiger partial charge in [0.1, 0.15) is 5.75 Å². The largest absolute Gasteiger partial charge is 0.495 e. The maximum Gasteiger partial charge on any atom is 0.228 e. The average molecular weight is 345 g/mol. The number of amides is 3. The summed E-state index contributed by atoms with van der Waals surface area (Å²) in [6, 6.07) is 5.63. The van der Waals surface area contributed by atoms with Gasteiger partial charge >= 0.3 is 0 Å². The standard InChI is InChI=1S/C18H23N3O4/c1-11-3-4-15(25-2)14(7-11)21-10-13(8-16(21)22)18(24)20-6-5-12(9-20)17(19)23/h3-4,7,12-13H,5-6,8-10H2,1-2H3,(H2,19,23)/t12-,13+/m0/s1. The molecule has 1 aromatic carbocycles. The third-order valence-electron chi connectivity index (χ3n) is 5.00. The van der Waals surface area contributed by atoms with Crippen molar-refractivity contribution in [3.8, 4) is 5.75 Å². The highest BCUT2D eigenvalue weighted by molar-refractivity contribution is 6.01. The molecular formula is C18H23N3O4. The number of aryl methyl sites for hydroxylation is 1. The zero-order chi connectivity index (χ0) is 18.1. The van der Waals surface area contributed by atoms with E-state index in [0.29, 0.717) is 37.5 Å². The maximum atomic E-state index is 12.7. The van der Waals surface area contributed by atoms with Crippen molar-refractivity contribution in [2.24, 2.45) is 17.6 Å². The number of benzene rings is 1. The lowest BCUT2D eigenvalue weighted by molar-refractivity contribution is -0.135. The molecule has 2 heterocycles. The van der Waals surface area contributed by atoms with E-state index >= 15 is 0 Å². The number of hydrogen-bond acceptors (Lipinski definition) is 4. The van der Waals surface area contributed by atoms with Gasteiger partial charge < -0.3 is 20.3 Å². The highest BCUT2D eigenvalue weighted by atomic mass is 16.5. The van der Waals surface area contributed by atoms with Crippen LogP contribution >= 0.6 is 0 Å². The first-order chi connectivity index (χ1) is 11.9. The SMILES string of the molecule is COc1ccc(C)cc1N1C[C@H](C(=O)N2CC[C@H](C(N)=O)C2)CC1=O. The summed E-state index contributed by atoms with van der Waals surface area (Å²) < 4.78 is 5.36. The van der Waals surface area contributed by atoms with Gasteiger partial charge in [-0.05, 0) is 31.0 Å². The third kappa shape index (κ3) is 3.31. The van der Waals surface area contributed by atoms with E-state index in [9.17, 15) is 14.4 Å². The van der Waals surface area contributed by atoms with Crippen LogP contribution in [0.3, 0.4) is 0 Å². The quantitative estimate of drug-likeness (QED) is 0.869. The Morgan fingerprint density at radius 3 is 2.64 bits per heavy atom. The van der Waals surface area contributed by atoms with Gasteiger partial charge in [0.2, 0.25) is 17.7 Å². The van der Waals surface area contributed by atoms with Crippen molar-refractivity contribution in [2.75, 3.05) is 31.6 Å². The number of methoxy groups -OCH3 is 1. The van der Waals surface area contributed by atoms with Crippen molar-refractivity contribution in [1.82, 2.24) is 4.90 Å². The molecule has 0 saturated carbocycles. The van der Waals surface area contributed by atoms with Crippen molar-refractivity contribution < 1.29 is 19.1 Å². The highest BCUT2D eigenvalue weighted by Crippen LogP contribution is 2.34. The van der Waals surface area contributed by atoms with Crippen molar-refractivity contribution in [3.63, 3.8) is 0 Å². The Morgan fingerprint density at radius 1 is 1.24 bits per heavy atom. The second-order valence-electron chi connectivity index (χ2n) is 6.75. The number of carbonyl (C=O) groups is 3. The second kappa shape index (κ2) is 6.74. The molecule has 0 aliphatic carbocycles. The van der Waals surface area contributed by atoms with Crippen LogP contribution in [-0.4, -0.2) is 49.4 Å². The molecule has 2 aliphatic heterocycles. The van der Waals surface area contributed by atoms with Gasteiger partial charge in [-0.15, -0.1) is 0 Å². The summed E-state index contributed by atoms with van der Waals surface area (Å²) >= 11 is 0. The Morgan fingerprint density at radius 2 is 2.00 bits per heavy atom. The molecule has 0 unspecified atom stereocenters. The molecule has 2 N–H and O–H groups in total. The van der Waals surface area contributed by atoms with E-state index < -0.39 is 5.92 Å². The number of nitrogens with zero attached hydrogens (tertiary/aromatic N) is 2. The fourth-order valence-corrected chi connectivity index (χ4v) is 3.57. The normalized spacial score (nSPS) is 23.2. The van der Waals surface area contributed by atoms with Crippen LogP contribution in [0, 0.1) is 18.8 Å². The summed E-state index contributed by atoms with van der Waals surface area (Å²) in [5, 5.41) is 0. The number of likely N-dealkylation sites (tertiary alicyclic amines) is 1. The monoisotopic (exact) mass is 345 g/mol. The van der Waals surface area contributed by atoms with Crippen LogP contribution in [0.4, 0.5) is 5.69 Å². The summed E-state index contributed by atoms with van der Waals surface area (Å²) in [6.07, 6.45) is 0.769. The Bertz CT molecular complexity index is 718. The first-order valence-corrected chi connectivity index (χ1v) is 8.43. The van der Waals surface area contributed by atoms with Crippen molar-refractivity contribution in [3.05, 3.63) is 23.8 Å². The lowest BCUT2D eigenvalue weighted by atomic mass is 10.1. The van der Waals surface area contributed by atoms with Crippen LogP contribution < -0.4 is 15.4 Å². The average Bonchev–Trinajstić information content (AvgIpc) is 3.21. The minimum Gasteiger partial charge on any atom is -0.495 e. The molecular weight excluding hydrogens is 322 g/mol. The summed E-state index contributed by atoms with van der Waals surface area (Å²) in [5.74, 6) is -0.608. The van der Waals surface area contributed by atoms with E-state index in [1.165, 1.54) is 0 Å². The molecule has 25 heavy (non-hydrogen) atoms. The predicted octanol–water partition coefficient (Wildman–Crippen LogP) is 0.690. The van der Waals surface area contributed by atoms with E-state index in [0.717, 1.165) is 5.56 Å². The molecule has 2 fully saturated rings. The summed E-state index contributed by atoms with van der Waals surface area (Å²) in [6.45, 7) is 3.15. The molecule has 1 aromatic rings. The highest BCUT2D eigenvalue weighted by Gasteiger charge is 2.40. The topological polar surface area (TPSA) is 92.9 Å². The summed E-state index contributed by atoms with van der Waals surface area (Å²) in [5.41, 5.74) is 7.04. The first-order valence-electron chi connectivity index (χ1n) is 8.43. The van der Waals surface area contributed by atoms with Gasteiger partial charge in [-0.1, -0.05) is 6.07 Å². The van der Waals surface area contributed by atoms with Crippen LogP contribution in [-0.2, 0) is 14.4 Å². The van der Waals surface area contributed by atoms with E-state index in [1.807, 2.05) is 25.1 Å². The van der Waals surface area contributed by atoms with Gasteiger partial charge in [0.05, 0.1) is 24.6 Å². The summed E-state index contributed by atoms with van der Waals surface area (Å²) in [4.78, 5) is 39.8. The molecule has 7 nitrogen and oxygen atoms in total. The van der Waals surface area contributed by atoms with Crippen LogP contribution in [0.25, 0.3) is 0 Å². The van der Waals surface area contributed by atoms with E-state index in [2.05, 4.69) is 0 Å². The van der Waals surface area contributed by atoms with E-state index in [-0.39, 0.29) is 30.1 Å². The molecule has 3 amide bonds. The zero-order valence-electron chi connectivity index (χ0n) is 14.5. The molecule has 134 valence electrons. The van der Waals surface area contributed by atoms with Crippen LogP contribution in [0.2, 0.25) is 0 Å². The Kier molecular flexibility index (Phi) is 4.65. The molecule has 2 atom stereocenters. The molecule has 0 bridgehead atoms. The lowest BCUT2D eigenvalue weighted by Crippen LogP contribution is -2.37. The Labute approximate surface area is 146 Å². The summed E-state index contributed by atoms with van der Waals surface area (Å²) in [7, 11) is 1.56. The predicted molar refractivity (Wildman–Crippen MR) is 92.1 cm³/mol. The number of anilines is 1. The van der Waals surface area contributed by atoms with Crippen LogP contribution in [0.5, 0.6) is 5.75 Å². The smallest absolute Gasteiger partial charge is 0.228 e. The third-order valence-corrected chi connectivity index (χ3v) is 5.00. The molecule has 0 aromatic heterocycles. The molecule has 2 saturated heterocycles. The number of ether oxygens (including phenoxy) is 1. The molecule has 7 heteroatoms. The Hall–Kier alpha value is -2.57. The lowest BCUT2D eigenvalue weighted by Gasteiger charge is -2.22. The van der Waals surface area contributed by atoms with Gasteiger partial charge in [-0.25, -0.2) is 0 Å². The van der Waals surface area contributed by atoms with Crippen molar-refractivity contribution >= 4 is 23.4 Å². The Balaban J connectivity index is 1.74. The number of primary amides is 1. The number of nitrogens with two attached hydrogens (primary N) is 1. The van der Waals surface area contributed by atoms with Crippen LogP contribution in [0.15, 0.2) is 18.2 Å².